The number of halogens is 1. The summed E-state index contributed by atoms with van der Waals surface area (Å²) < 4.78 is 10.3. The highest BCUT2D eigenvalue weighted by Gasteiger charge is 2.25. The lowest BCUT2D eigenvalue weighted by molar-refractivity contribution is -0.385. The molecule has 100 valence electrons. The number of rotatable bonds is 4. The molecule has 0 unspecified atom stereocenters. The maximum atomic E-state index is 11.0. The molecule has 1 aromatic carbocycles. The molecule has 0 saturated heterocycles. The van der Waals surface area contributed by atoms with E-state index in [4.69, 9.17) is 15.2 Å². The van der Waals surface area contributed by atoms with Crippen LogP contribution in [0.15, 0.2) is 12.1 Å². The van der Waals surface area contributed by atoms with Gasteiger partial charge < -0.3 is 15.2 Å². The fourth-order valence-corrected chi connectivity index (χ4v) is 1.87. The normalized spacial score (nSPS) is 13.9. The Morgan fingerprint density at radius 3 is 2.61 bits per heavy atom. The second-order valence-electron chi connectivity index (χ2n) is 3.92. The fraction of sp³-hybridized carbons (Fsp3) is 0.455. The van der Waals surface area contributed by atoms with Crippen LogP contribution in [0.1, 0.15) is 31.4 Å². The maximum Gasteiger partial charge on any atom is 0.278 e. The van der Waals surface area contributed by atoms with E-state index in [0.717, 1.165) is 6.42 Å². The molecule has 2 N–H and O–H groups in total. The quantitative estimate of drug-likeness (QED) is 0.673. The summed E-state index contributed by atoms with van der Waals surface area (Å²) in [5.74, 6) is 0.932. The van der Waals surface area contributed by atoms with Crippen molar-refractivity contribution >= 4 is 18.1 Å². The molecule has 1 atom stereocenters. The molecule has 1 aliphatic heterocycles. The van der Waals surface area contributed by atoms with Crippen LogP contribution in [0.3, 0.4) is 0 Å². The number of ether oxygens (including phenoxy) is 2. The smallest absolute Gasteiger partial charge is 0.278 e. The first-order valence-corrected chi connectivity index (χ1v) is 5.47. The van der Waals surface area contributed by atoms with Crippen molar-refractivity contribution in [2.45, 2.75) is 25.8 Å². The average molecular weight is 275 g/mol. The molecule has 1 aromatic rings. The number of nitrogens with zero attached hydrogens (tertiary/aromatic N) is 1. The number of nitro benzene ring substituents is 1. The van der Waals surface area contributed by atoms with E-state index >= 15 is 0 Å². The monoisotopic (exact) mass is 274 g/mol. The van der Waals surface area contributed by atoms with Crippen LogP contribution in [0.4, 0.5) is 5.69 Å². The Morgan fingerprint density at radius 1 is 1.44 bits per heavy atom. The van der Waals surface area contributed by atoms with Gasteiger partial charge in [0.25, 0.3) is 5.69 Å². The van der Waals surface area contributed by atoms with E-state index in [1.165, 1.54) is 6.07 Å². The van der Waals surface area contributed by atoms with E-state index in [9.17, 15) is 10.1 Å². The Labute approximate surface area is 111 Å². The Bertz CT molecular complexity index is 453. The molecule has 1 aliphatic rings. The van der Waals surface area contributed by atoms with E-state index in [0.29, 0.717) is 23.5 Å². The molecule has 6 nitrogen and oxygen atoms in total. The number of hydrogen-bond donors (Lipinski definition) is 1. The molecule has 1 heterocycles. The van der Waals surface area contributed by atoms with Gasteiger partial charge in [0.2, 0.25) is 6.79 Å². The van der Waals surface area contributed by atoms with Gasteiger partial charge >= 0.3 is 0 Å². The summed E-state index contributed by atoms with van der Waals surface area (Å²) in [5.41, 5.74) is 6.43. The van der Waals surface area contributed by atoms with Gasteiger partial charge in [-0.15, -0.1) is 12.4 Å². The van der Waals surface area contributed by atoms with Gasteiger partial charge in [0.15, 0.2) is 11.5 Å². The molecule has 18 heavy (non-hydrogen) atoms. The Morgan fingerprint density at radius 2 is 2.06 bits per heavy atom. The zero-order chi connectivity index (χ0) is 12.4. The minimum atomic E-state index is -0.438. The first-order valence-electron chi connectivity index (χ1n) is 5.47. The maximum absolute atomic E-state index is 11.0. The summed E-state index contributed by atoms with van der Waals surface area (Å²) in [6.07, 6.45) is 1.56. The molecule has 7 heteroatoms. The lowest BCUT2D eigenvalue weighted by atomic mass is 10.0. The molecule has 0 bridgehead atoms. The number of nitrogens with two attached hydrogens (primary N) is 1. The van der Waals surface area contributed by atoms with Gasteiger partial charge in [-0.25, -0.2) is 0 Å². The predicted octanol–water partition coefficient (Wildman–Crippen LogP) is 2.55. The second-order valence-corrected chi connectivity index (χ2v) is 3.92. The van der Waals surface area contributed by atoms with Crippen LogP contribution < -0.4 is 15.2 Å². The van der Waals surface area contributed by atoms with Crippen molar-refractivity contribution in [3.8, 4) is 11.5 Å². The van der Waals surface area contributed by atoms with Gasteiger partial charge in [0.1, 0.15) is 0 Å². The summed E-state index contributed by atoms with van der Waals surface area (Å²) >= 11 is 0. The van der Waals surface area contributed by atoms with Crippen molar-refractivity contribution in [2.75, 3.05) is 6.79 Å². The SMILES string of the molecule is CCC[C@H](N)c1cc2c(cc1[N+](=O)[O-])OCO2.Cl. The Balaban J connectivity index is 0.00000162. The topological polar surface area (TPSA) is 87.6 Å². The predicted molar refractivity (Wildman–Crippen MR) is 68.3 cm³/mol. The molecule has 0 fully saturated rings. The molecular weight excluding hydrogens is 260 g/mol. The number of nitro groups is 1. The zero-order valence-electron chi connectivity index (χ0n) is 9.92. The standard InChI is InChI=1S/C11H14N2O4.ClH/c1-2-3-8(12)7-4-10-11(17-6-16-10)5-9(7)13(14)15;/h4-5,8H,2-3,6,12H2,1H3;1H/t8-;/m0./s1. The highest BCUT2D eigenvalue weighted by Crippen LogP contribution is 2.40. The number of benzene rings is 1. The summed E-state index contributed by atoms with van der Waals surface area (Å²) in [6, 6.07) is 2.64. The van der Waals surface area contributed by atoms with E-state index in [-0.39, 0.29) is 30.9 Å². The van der Waals surface area contributed by atoms with E-state index < -0.39 is 4.92 Å². The Hall–Kier alpha value is -1.53. The number of fused-ring (bicyclic) bond motifs is 1. The summed E-state index contributed by atoms with van der Waals surface area (Å²) in [6.45, 7) is 2.08. The van der Waals surface area contributed by atoms with Crippen molar-refractivity contribution < 1.29 is 14.4 Å². The van der Waals surface area contributed by atoms with Crippen LogP contribution in [-0.4, -0.2) is 11.7 Å². The third kappa shape index (κ3) is 2.65. The highest BCUT2D eigenvalue weighted by molar-refractivity contribution is 5.85. The minimum Gasteiger partial charge on any atom is -0.454 e. The minimum absolute atomic E-state index is 0. The van der Waals surface area contributed by atoms with Crippen molar-refractivity contribution in [1.82, 2.24) is 0 Å². The molecule has 0 radical (unpaired) electrons. The van der Waals surface area contributed by atoms with Gasteiger partial charge in [-0.1, -0.05) is 13.3 Å². The van der Waals surface area contributed by atoms with Crippen LogP contribution in [0, 0.1) is 10.1 Å². The summed E-state index contributed by atoms with van der Waals surface area (Å²) in [7, 11) is 0. The second kappa shape index (κ2) is 5.88. The molecule has 2 rings (SSSR count). The van der Waals surface area contributed by atoms with E-state index in [1.54, 1.807) is 6.07 Å². The van der Waals surface area contributed by atoms with Gasteiger partial charge in [-0.05, 0) is 12.5 Å². The first-order chi connectivity index (χ1) is 8.13. The van der Waals surface area contributed by atoms with Crippen LogP contribution in [0.5, 0.6) is 11.5 Å². The molecule has 0 saturated carbocycles. The average Bonchev–Trinajstić information content (AvgIpc) is 2.74. The summed E-state index contributed by atoms with van der Waals surface area (Å²) in [5, 5.41) is 11.0. The van der Waals surface area contributed by atoms with Gasteiger partial charge in [0.05, 0.1) is 16.6 Å². The van der Waals surface area contributed by atoms with Crippen LogP contribution in [0.2, 0.25) is 0 Å². The largest absolute Gasteiger partial charge is 0.454 e. The van der Waals surface area contributed by atoms with Gasteiger partial charge in [-0.3, -0.25) is 10.1 Å². The zero-order valence-corrected chi connectivity index (χ0v) is 10.7. The molecule has 0 spiro atoms. The van der Waals surface area contributed by atoms with Crippen LogP contribution in [0.25, 0.3) is 0 Å². The van der Waals surface area contributed by atoms with E-state index in [1.807, 2.05) is 6.92 Å². The summed E-state index contributed by atoms with van der Waals surface area (Å²) in [4.78, 5) is 10.5. The fourth-order valence-electron chi connectivity index (χ4n) is 1.87. The molecule has 0 aromatic heterocycles. The highest BCUT2D eigenvalue weighted by atomic mass is 35.5. The van der Waals surface area contributed by atoms with Crippen LogP contribution >= 0.6 is 12.4 Å². The van der Waals surface area contributed by atoms with Crippen LogP contribution in [-0.2, 0) is 0 Å². The third-order valence-corrected chi connectivity index (χ3v) is 2.72. The third-order valence-electron chi connectivity index (χ3n) is 2.72. The number of hydrogen-bond acceptors (Lipinski definition) is 5. The van der Waals surface area contributed by atoms with Crippen molar-refractivity contribution in [3.63, 3.8) is 0 Å². The van der Waals surface area contributed by atoms with Crippen molar-refractivity contribution in [2.24, 2.45) is 5.73 Å². The van der Waals surface area contributed by atoms with Gasteiger partial charge in [0, 0.05) is 6.04 Å². The lowest BCUT2D eigenvalue weighted by Crippen LogP contribution is -2.12. The van der Waals surface area contributed by atoms with Crippen molar-refractivity contribution in [3.05, 3.63) is 27.8 Å². The van der Waals surface area contributed by atoms with Crippen molar-refractivity contribution in [1.29, 1.82) is 0 Å². The molecular formula is C11H15ClN2O4. The Kier molecular flexibility index (Phi) is 4.75. The first kappa shape index (κ1) is 14.5. The van der Waals surface area contributed by atoms with E-state index in [2.05, 4.69) is 0 Å². The van der Waals surface area contributed by atoms with Gasteiger partial charge in [-0.2, -0.15) is 0 Å². The lowest BCUT2D eigenvalue weighted by Gasteiger charge is -2.11. The molecule has 0 aliphatic carbocycles. The molecule has 0 amide bonds.